The Labute approximate surface area is 191 Å². The van der Waals surface area contributed by atoms with Crippen LogP contribution in [0.4, 0.5) is 5.69 Å². The standard InChI is InChI=1S/C25H23NO3S2/c1-3-14-29-21-13-12-17(15-22(21)28-4-2)16-23-24(27)26(25(30)31-23)20-11-7-9-18-8-5-6-10-19(18)20/h5-13,15-16H,3-4,14H2,1-2H3/b23-16+. The van der Waals surface area contributed by atoms with Gasteiger partial charge in [-0.3, -0.25) is 9.69 Å². The highest BCUT2D eigenvalue weighted by Crippen LogP contribution is 2.39. The van der Waals surface area contributed by atoms with Gasteiger partial charge in [-0.1, -0.05) is 73.4 Å². The van der Waals surface area contributed by atoms with Crippen molar-refractivity contribution in [3.63, 3.8) is 0 Å². The van der Waals surface area contributed by atoms with Gasteiger partial charge in [0.05, 0.1) is 23.8 Å². The summed E-state index contributed by atoms with van der Waals surface area (Å²) in [6.07, 6.45) is 2.78. The van der Waals surface area contributed by atoms with Crippen molar-refractivity contribution >= 4 is 56.7 Å². The second-order valence-corrected chi connectivity index (χ2v) is 8.68. The Hall–Kier alpha value is -2.83. The fraction of sp³-hybridized carbons (Fsp3) is 0.200. The molecule has 31 heavy (non-hydrogen) atoms. The van der Waals surface area contributed by atoms with Gasteiger partial charge in [0.2, 0.25) is 0 Å². The average molecular weight is 450 g/mol. The molecule has 0 atom stereocenters. The van der Waals surface area contributed by atoms with Crippen LogP contribution in [0.25, 0.3) is 16.8 Å². The van der Waals surface area contributed by atoms with Crippen LogP contribution >= 0.6 is 24.0 Å². The SMILES string of the molecule is CCCOc1ccc(/C=C2/SC(=S)N(c3cccc4ccccc34)C2=O)cc1OCC. The van der Waals surface area contributed by atoms with Crippen LogP contribution in [0.15, 0.2) is 65.6 Å². The molecule has 1 aliphatic rings. The Morgan fingerprint density at radius 3 is 2.61 bits per heavy atom. The fourth-order valence-corrected chi connectivity index (χ4v) is 4.73. The molecule has 1 saturated heterocycles. The quantitative estimate of drug-likeness (QED) is 0.307. The first-order chi connectivity index (χ1) is 15.1. The molecule has 0 aromatic heterocycles. The number of thioether (sulfide) groups is 1. The number of benzene rings is 3. The van der Waals surface area contributed by atoms with Crippen LogP contribution in [0.1, 0.15) is 25.8 Å². The number of hydrogen-bond donors (Lipinski definition) is 0. The molecule has 4 rings (SSSR count). The van der Waals surface area contributed by atoms with E-state index >= 15 is 0 Å². The maximum absolute atomic E-state index is 13.3. The molecule has 1 heterocycles. The zero-order chi connectivity index (χ0) is 21.8. The Bertz CT molecular complexity index is 1170. The second kappa shape index (κ2) is 9.54. The lowest BCUT2D eigenvalue weighted by Gasteiger charge is -2.17. The van der Waals surface area contributed by atoms with E-state index in [1.807, 2.05) is 73.7 Å². The number of nitrogens with zero attached hydrogens (tertiary/aromatic N) is 1. The van der Waals surface area contributed by atoms with E-state index in [0.717, 1.165) is 28.4 Å². The van der Waals surface area contributed by atoms with Crippen molar-refractivity contribution in [1.29, 1.82) is 0 Å². The van der Waals surface area contributed by atoms with Crippen molar-refractivity contribution < 1.29 is 14.3 Å². The summed E-state index contributed by atoms with van der Waals surface area (Å²) >= 11 is 6.89. The molecular formula is C25H23NO3S2. The van der Waals surface area contributed by atoms with Crippen LogP contribution in [-0.2, 0) is 4.79 Å². The van der Waals surface area contributed by atoms with Crippen LogP contribution < -0.4 is 14.4 Å². The highest BCUT2D eigenvalue weighted by molar-refractivity contribution is 8.27. The molecule has 0 N–H and O–H groups in total. The molecule has 0 spiro atoms. The van der Waals surface area contributed by atoms with E-state index in [-0.39, 0.29) is 5.91 Å². The van der Waals surface area contributed by atoms with Gasteiger partial charge in [0, 0.05) is 5.39 Å². The summed E-state index contributed by atoms with van der Waals surface area (Å²) in [6.45, 7) is 5.16. The van der Waals surface area contributed by atoms with E-state index in [9.17, 15) is 4.79 Å². The van der Waals surface area contributed by atoms with Gasteiger partial charge in [0.25, 0.3) is 5.91 Å². The van der Waals surface area contributed by atoms with Gasteiger partial charge in [0.15, 0.2) is 15.8 Å². The van der Waals surface area contributed by atoms with Crippen molar-refractivity contribution in [1.82, 2.24) is 0 Å². The molecule has 3 aromatic rings. The third kappa shape index (κ3) is 4.45. The molecular weight excluding hydrogens is 426 g/mol. The minimum Gasteiger partial charge on any atom is -0.490 e. The summed E-state index contributed by atoms with van der Waals surface area (Å²) in [5, 5.41) is 2.07. The number of anilines is 1. The predicted molar refractivity (Wildman–Crippen MR) is 133 cm³/mol. The summed E-state index contributed by atoms with van der Waals surface area (Å²) in [5.41, 5.74) is 1.67. The van der Waals surface area contributed by atoms with Gasteiger partial charge in [-0.05, 0) is 48.6 Å². The van der Waals surface area contributed by atoms with Gasteiger partial charge in [-0.2, -0.15) is 0 Å². The van der Waals surface area contributed by atoms with Gasteiger partial charge >= 0.3 is 0 Å². The summed E-state index contributed by atoms with van der Waals surface area (Å²) in [6, 6.07) is 19.6. The highest BCUT2D eigenvalue weighted by Gasteiger charge is 2.34. The number of amides is 1. The van der Waals surface area contributed by atoms with E-state index < -0.39 is 0 Å². The molecule has 1 amide bonds. The van der Waals surface area contributed by atoms with Crippen molar-refractivity contribution in [3.8, 4) is 11.5 Å². The maximum Gasteiger partial charge on any atom is 0.270 e. The molecule has 1 aliphatic heterocycles. The highest BCUT2D eigenvalue weighted by atomic mass is 32.2. The summed E-state index contributed by atoms with van der Waals surface area (Å²) < 4.78 is 12.0. The lowest BCUT2D eigenvalue weighted by Crippen LogP contribution is -2.27. The van der Waals surface area contributed by atoms with Crippen LogP contribution in [0.3, 0.4) is 0 Å². The minimum atomic E-state index is -0.115. The molecule has 0 aliphatic carbocycles. The Kier molecular flexibility index (Phi) is 6.59. The lowest BCUT2D eigenvalue weighted by atomic mass is 10.1. The van der Waals surface area contributed by atoms with E-state index in [4.69, 9.17) is 21.7 Å². The number of carbonyl (C=O) groups excluding carboxylic acids is 1. The van der Waals surface area contributed by atoms with Crippen LogP contribution in [0.2, 0.25) is 0 Å². The van der Waals surface area contributed by atoms with E-state index in [0.29, 0.717) is 33.9 Å². The van der Waals surface area contributed by atoms with Crippen LogP contribution in [0, 0.1) is 0 Å². The number of ether oxygens (including phenoxy) is 2. The smallest absolute Gasteiger partial charge is 0.270 e. The van der Waals surface area contributed by atoms with Gasteiger partial charge in [0.1, 0.15) is 0 Å². The Morgan fingerprint density at radius 1 is 1.00 bits per heavy atom. The van der Waals surface area contributed by atoms with Crippen LogP contribution in [-0.4, -0.2) is 23.4 Å². The number of rotatable bonds is 7. The fourth-order valence-electron chi connectivity index (χ4n) is 3.44. The molecule has 158 valence electrons. The van der Waals surface area contributed by atoms with Crippen LogP contribution in [0.5, 0.6) is 11.5 Å². The third-order valence-electron chi connectivity index (χ3n) is 4.83. The van der Waals surface area contributed by atoms with Crippen molar-refractivity contribution in [2.24, 2.45) is 0 Å². The summed E-state index contributed by atoms with van der Waals surface area (Å²) in [7, 11) is 0. The van der Waals surface area contributed by atoms with Crippen molar-refractivity contribution in [2.45, 2.75) is 20.3 Å². The van der Waals surface area contributed by atoms with Gasteiger partial charge < -0.3 is 9.47 Å². The predicted octanol–water partition coefficient (Wildman–Crippen LogP) is 6.43. The topological polar surface area (TPSA) is 38.8 Å². The van der Waals surface area contributed by atoms with Crippen molar-refractivity contribution in [3.05, 3.63) is 71.1 Å². The summed E-state index contributed by atoms with van der Waals surface area (Å²) in [5.74, 6) is 1.27. The minimum absolute atomic E-state index is 0.115. The molecule has 0 unspecified atom stereocenters. The zero-order valence-corrected chi connectivity index (χ0v) is 19.1. The second-order valence-electron chi connectivity index (χ2n) is 7.00. The number of carbonyl (C=O) groups is 1. The molecule has 4 nitrogen and oxygen atoms in total. The molecule has 0 bridgehead atoms. The van der Waals surface area contributed by atoms with Crippen molar-refractivity contribution in [2.75, 3.05) is 18.1 Å². The first-order valence-electron chi connectivity index (χ1n) is 10.3. The summed E-state index contributed by atoms with van der Waals surface area (Å²) in [4.78, 5) is 15.5. The van der Waals surface area contributed by atoms with Gasteiger partial charge in [-0.15, -0.1) is 0 Å². The van der Waals surface area contributed by atoms with Gasteiger partial charge in [-0.25, -0.2) is 0 Å². The monoisotopic (exact) mass is 449 g/mol. The van der Waals surface area contributed by atoms with E-state index in [2.05, 4.69) is 6.92 Å². The third-order valence-corrected chi connectivity index (χ3v) is 6.13. The lowest BCUT2D eigenvalue weighted by molar-refractivity contribution is -0.113. The zero-order valence-electron chi connectivity index (χ0n) is 17.5. The molecule has 0 radical (unpaired) electrons. The van der Waals surface area contributed by atoms with E-state index in [1.165, 1.54) is 11.8 Å². The Balaban J connectivity index is 1.66. The number of hydrogen-bond acceptors (Lipinski definition) is 5. The average Bonchev–Trinajstić information content (AvgIpc) is 3.05. The first-order valence-corrected chi connectivity index (χ1v) is 11.5. The normalized spacial score (nSPS) is 15.2. The first kappa shape index (κ1) is 21.4. The largest absolute Gasteiger partial charge is 0.490 e. The number of fused-ring (bicyclic) bond motifs is 1. The maximum atomic E-state index is 13.3. The van der Waals surface area contributed by atoms with E-state index in [1.54, 1.807) is 4.90 Å². The molecule has 1 fully saturated rings. The Morgan fingerprint density at radius 2 is 1.81 bits per heavy atom. The molecule has 6 heteroatoms. The molecule has 0 saturated carbocycles. The molecule has 3 aromatic carbocycles. The number of thiocarbonyl (C=S) groups is 1.